The second-order valence-electron chi connectivity index (χ2n) is 4.92. The number of hydrogen-bond acceptors (Lipinski definition) is 4. The van der Waals surface area contributed by atoms with E-state index < -0.39 is 16.9 Å². The van der Waals surface area contributed by atoms with Gasteiger partial charge in [0, 0.05) is 11.1 Å². The summed E-state index contributed by atoms with van der Waals surface area (Å²) in [7, 11) is 0. The van der Waals surface area contributed by atoms with E-state index in [-0.39, 0.29) is 16.9 Å². The van der Waals surface area contributed by atoms with Gasteiger partial charge in [-0.1, -0.05) is 29.8 Å². The van der Waals surface area contributed by atoms with Crippen LogP contribution >= 0.6 is 11.6 Å². The van der Waals surface area contributed by atoms with Crippen molar-refractivity contribution in [2.24, 2.45) is 0 Å². The number of anilines is 1. The van der Waals surface area contributed by atoms with Gasteiger partial charge in [-0.3, -0.25) is 14.9 Å². The van der Waals surface area contributed by atoms with E-state index in [1.54, 1.807) is 24.3 Å². The summed E-state index contributed by atoms with van der Waals surface area (Å²) in [6.07, 6.45) is 1.28. The number of nitro benzene ring substituents is 1. The minimum Gasteiger partial charge on any atom is -0.302 e. The summed E-state index contributed by atoms with van der Waals surface area (Å²) in [5, 5.41) is 13.8. The number of nitrogens with one attached hydrogen (secondary N) is 1. The van der Waals surface area contributed by atoms with Gasteiger partial charge in [0.2, 0.25) is 0 Å². The number of benzene rings is 2. The van der Waals surface area contributed by atoms with Crippen molar-refractivity contribution < 1.29 is 14.5 Å². The van der Waals surface area contributed by atoms with Crippen molar-refractivity contribution in [2.75, 3.05) is 4.90 Å². The molecule has 1 fully saturated rings. The third-order valence-corrected chi connectivity index (χ3v) is 3.61. The zero-order valence-corrected chi connectivity index (χ0v) is 12.9. The molecule has 8 heteroatoms. The van der Waals surface area contributed by atoms with Gasteiger partial charge in [-0.15, -0.1) is 0 Å². The van der Waals surface area contributed by atoms with Crippen molar-refractivity contribution >= 4 is 41.0 Å². The Kier molecular flexibility index (Phi) is 4.01. The number of nitro groups is 1. The lowest BCUT2D eigenvalue weighted by molar-refractivity contribution is -0.385. The minimum absolute atomic E-state index is 0.0470. The summed E-state index contributed by atoms with van der Waals surface area (Å²) >= 11 is 5.88. The number of carbonyl (C=O) groups is 2. The zero-order valence-electron chi connectivity index (χ0n) is 12.1. The van der Waals surface area contributed by atoms with Crippen LogP contribution in [0.2, 0.25) is 5.02 Å². The second-order valence-corrected chi connectivity index (χ2v) is 5.36. The van der Waals surface area contributed by atoms with Crippen molar-refractivity contribution in [3.8, 4) is 0 Å². The predicted molar refractivity (Wildman–Crippen MR) is 88.5 cm³/mol. The smallest absolute Gasteiger partial charge is 0.302 e. The standard InChI is InChI=1S/C16H10ClN3O4/c17-11-5-3-6-12(9-11)19-15(21)13(18-16(19)22)8-10-4-1-2-7-14(10)20(23)24/h1-9H,(H,18,22). The number of para-hydroxylation sites is 1. The number of rotatable bonds is 3. The summed E-state index contributed by atoms with van der Waals surface area (Å²) in [5.74, 6) is -0.611. The third-order valence-electron chi connectivity index (χ3n) is 3.38. The predicted octanol–water partition coefficient (Wildman–Crippen LogP) is 3.35. The number of imide groups is 1. The summed E-state index contributed by atoms with van der Waals surface area (Å²) in [5.41, 5.74) is 0.331. The fourth-order valence-corrected chi connectivity index (χ4v) is 2.50. The Morgan fingerprint density at radius 1 is 1.12 bits per heavy atom. The molecular weight excluding hydrogens is 334 g/mol. The molecule has 2 aromatic rings. The van der Waals surface area contributed by atoms with Gasteiger partial charge < -0.3 is 5.32 Å². The fourth-order valence-electron chi connectivity index (χ4n) is 2.32. The van der Waals surface area contributed by atoms with E-state index in [0.29, 0.717) is 10.7 Å². The quantitative estimate of drug-likeness (QED) is 0.400. The molecule has 1 N–H and O–H groups in total. The van der Waals surface area contributed by atoms with E-state index in [1.165, 1.54) is 30.3 Å². The van der Waals surface area contributed by atoms with Crippen molar-refractivity contribution in [1.29, 1.82) is 0 Å². The van der Waals surface area contributed by atoms with Crippen LogP contribution in [0.1, 0.15) is 5.56 Å². The summed E-state index contributed by atoms with van der Waals surface area (Å²) in [6.45, 7) is 0. The molecular formula is C16H10ClN3O4. The van der Waals surface area contributed by atoms with Gasteiger partial charge in [-0.25, -0.2) is 9.69 Å². The maximum atomic E-state index is 12.5. The van der Waals surface area contributed by atoms with Gasteiger partial charge in [0.15, 0.2) is 0 Å². The van der Waals surface area contributed by atoms with E-state index in [9.17, 15) is 19.7 Å². The average Bonchev–Trinajstić information content (AvgIpc) is 2.81. The van der Waals surface area contributed by atoms with E-state index in [1.807, 2.05) is 0 Å². The first-order chi connectivity index (χ1) is 11.5. The van der Waals surface area contributed by atoms with Crippen LogP contribution < -0.4 is 10.2 Å². The van der Waals surface area contributed by atoms with Crippen molar-refractivity contribution in [3.05, 3.63) is 74.9 Å². The molecule has 120 valence electrons. The van der Waals surface area contributed by atoms with Crippen LogP contribution in [0.4, 0.5) is 16.2 Å². The van der Waals surface area contributed by atoms with Crippen LogP contribution in [0, 0.1) is 10.1 Å². The summed E-state index contributed by atoms with van der Waals surface area (Å²) in [6, 6.07) is 11.6. The first kappa shape index (κ1) is 15.7. The van der Waals surface area contributed by atoms with Crippen LogP contribution in [-0.4, -0.2) is 16.9 Å². The lowest BCUT2D eigenvalue weighted by Gasteiger charge is -2.11. The van der Waals surface area contributed by atoms with Crippen LogP contribution in [0.15, 0.2) is 54.2 Å². The number of hydrogen-bond donors (Lipinski definition) is 1. The molecule has 0 aliphatic carbocycles. The van der Waals surface area contributed by atoms with Crippen LogP contribution in [0.3, 0.4) is 0 Å². The Balaban J connectivity index is 1.99. The molecule has 0 saturated carbocycles. The number of amides is 3. The van der Waals surface area contributed by atoms with Crippen LogP contribution in [0.5, 0.6) is 0 Å². The number of carbonyl (C=O) groups excluding carboxylic acids is 2. The Morgan fingerprint density at radius 2 is 1.88 bits per heavy atom. The minimum atomic E-state index is -0.646. The molecule has 1 aliphatic heterocycles. The summed E-state index contributed by atoms with van der Waals surface area (Å²) in [4.78, 5) is 36.0. The molecule has 0 bridgehead atoms. The van der Waals surface area contributed by atoms with Gasteiger partial charge in [0.05, 0.1) is 16.2 Å². The van der Waals surface area contributed by atoms with Crippen molar-refractivity contribution in [2.45, 2.75) is 0 Å². The van der Waals surface area contributed by atoms with E-state index >= 15 is 0 Å². The Bertz CT molecular complexity index is 894. The molecule has 1 aliphatic rings. The molecule has 3 amide bonds. The molecule has 7 nitrogen and oxygen atoms in total. The van der Waals surface area contributed by atoms with Gasteiger partial charge in [0.1, 0.15) is 5.70 Å². The average molecular weight is 344 g/mol. The van der Waals surface area contributed by atoms with Gasteiger partial charge in [-0.05, 0) is 30.3 Å². The normalized spacial score (nSPS) is 15.7. The molecule has 1 heterocycles. The zero-order chi connectivity index (χ0) is 17.3. The SMILES string of the molecule is O=C1NC(=Cc2ccccc2[N+](=O)[O-])C(=O)N1c1cccc(Cl)c1. The Hall–Kier alpha value is -3.19. The molecule has 24 heavy (non-hydrogen) atoms. The highest BCUT2D eigenvalue weighted by molar-refractivity contribution is 6.32. The monoisotopic (exact) mass is 343 g/mol. The molecule has 3 rings (SSSR count). The van der Waals surface area contributed by atoms with Gasteiger partial charge >= 0.3 is 6.03 Å². The molecule has 0 unspecified atom stereocenters. The van der Waals surface area contributed by atoms with E-state index in [0.717, 1.165) is 4.90 Å². The third kappa shape index (κ3) is 2.84. The van der Waals surface area contributed by atoms with Crippen molar-refractivity contribution in [3.63, 3.8) is 0 Å². The number of urea groups is 1. The fraction of sp³-hybridized carbons (Fsp3) is 0. The lowest BCUT2D eigenvalue weighted by atomic mass is 10.1. The topological polar surface area (TPSA) is 92.5 Å². The molecule has 1 saturated heterocycles. The summed E-state index contributed by atoms with van der Waals surface area (Å²) < 4.78 is 0. The van der Waals surface area contributed by atoms with Crippen LogP contribution in [-0.2, 0) is 4.79 Å². The molecule has 0 atom stereocenters. The largest absolute Gasteiger partial charge is 0.333 e. The van der Waals surface area contributed by atoms with Crippen molar-refractivity contribution in [1.82, 2.24) is 5.32 Å². The highest BCUT2D eigenvalue weighted by atomic mass is 35.5. The van der Waals surface area contributed by atoms with E-state index in [4.69, 9.17) is 11.6 Å². The lowest BCUT2D eigenvalue weighted by Crippen LogP contribution is -2.30. The number of halogens is 1. The highest BCUT2D eigenvalue weighted by Crippen LogP contribution is 2.26. The second kappa shape index (κ2) is 6.13. The number of nitrogens with zero attached hydrogens (tertiary/aromatic N) is 2. The van der Waals surface area contributed by atoms with E-state index in [2.05, 4.69) is 5.32 Å². The highest BCUT2D eigenvalue weighted by Gasteiger charge is 2.35. The first-order valence-electron chi connectivity index (χ1n) is 6.83. The maximum absolute atomic E-state index is 12.5. The Labute approximate surface area is 141 Å². The van der Waals surface area contributed by atoms with Crippen LogP contribution in [0.25, 0.3) is 6.08 Å². The van der Waals surface area contributed by atoms with Gasteiger partial charge in [0.25, 0.3) is 11.6 Å². The van der Waals surface area contributed by atoms with Gasteiger partial charge in [-0.2, -0.15) is 0 Å². The Morgan fingerprint density at radius 3 is 2.58 bits per heavy atom. The molecule has 0 radical (unpaired) electrons. The molecule has 0 spiro atoms. The maximum Gasteiger partial charge on any atom is 0.333 e. The molecule has 0 aromatic heterocycles. The first-order valence-corrected chi connectivity index (χ1v) is 7.21. The molecule has 2 aromatic carbocycles.